The Hall–Kier alpha value is -1.32. The Balaban J connectivity index is 2.09. The van der Waals surface area contributed by atoms with Crippen LogP contribution in [0.3, 0.4) is 0 Å². The molecule has 2 heterocycles. The highest BCUT2D eigenvalue weighted by atomic mass is 16.7. The smallest absolute Gasteiger partial charge is 0.194 e. The van der Waals surface area contributed by atoms with Crippen molar-refractivity contribution in [2.45, 2.75) is 19.1 Å². The van der Waals surface area contributed by atoms with Crippen molar-refractivity contribution in [1.82, 2.24) is 0 Å². The molecule has 1 aliphatic heterocycles. The van der Waals surface area contributed by atoms with E-state index in [1.54, 1.807) is 6.26 Å². The lowest BCUT2D eigenvalue weighted by Gasteiger charge is -2.26. The van der Waals surface area contributed by atoms with E-state index in [0.29, 0.717) is 13.2 Å². The van der Waals surface area contributed by atoms with Gasteiger partial charge in [0.05, 0.1) is 19.5 Å². The van der Waals surface area contributed by atoms with Crippen molar-refractivity contribution < 1.29 is 13.9 Å². The van der Waals surface area contributed by atoms with Crippen LogP contribution in [-0.4, -0.2) is 13.2 Å². The summed E-state index contributed by atoms with van der Waals surface area (Å²) in [6.45, 7) is 3.40. The molecule has 0 spiro atoms. The van der Waals surface area contributed by atoms with Crippen molar-refractivity contribution >= 4 is 11.0 Å². The van der Waals surface area contributed by atoms with Gasteiger partial charge in [-0.15, -0.1) is 0 Å². The third-order valence-electron chi connectivity index (χ3n) is 3.11. The normalized spacial score (nSPS) is 19.3. The fraction of sp³-hybridized carbons (Fsp3) is 0.385. The fourth-order valence-electron chi connectivity index (χ4n) is 2.23. The van der Waals surface area contributed by atoms with E-state index < -0.39 is 5.79 Å². The second-order valence-corrected chi connectivity index (χ2v) is 3.98. The van der Waals surface area contributed by atoms with Gasteiger partial charge in [-0.05, 0) is 24.3 Å². The van der Waals surface area contributed by atoms with Crippen molar-refractivity contribution in [2.75, 3.05) is 13.2 Å². The molecule has 3 nitrogen and oxygen atoms in total. The number of hydrogen-bond acceptors (Lipinski definition) is 3. The molecule has 1 fully saturated rings. The van der Waals surface area contributed by atoms with Gasteiger partial charge in [0.15, 0.2) is 5.79 Å². The fourth-order valence-corrected chi connectivity index (χ4v) is 2.23. The minimum Gasteiger partial charge on any atom is -0.464 e. The standard InChI is InChI=1S/C13H14O3/c1-2-13(15-7-8-16-13)11-3-4-12-10(9-11)5-6-14-12/h3-6,9H,2,7-8H2,1H3. The molecule has 1 aromatic carbocycles. The largest absolute Gasteiger partial charge is 0.464 e. The number of fused-ring (bicyclic) bond motifs is 1. The lowest BCUT2D eigenvalue weighted by molar-refractivity contribution is -0.167. The molecule has 1 aromatic heterocycles. The second kappa shape index (κ2) is 3.61. The highest BCUT2D eigenvalue weighted by molar-refractivity contribution is 5.77. The first-order valence-corrected chi connectivity index (χ1v) is 5.60. The average Bonchev–Trinajstić information content (AvgIpc) is 2.97. The molecular weight excluding hydrogens is 204 g/mol. The minimum absolute atomic E-state index is 0.550. The van der Waals surface area contributed by atoms with Gasteiger partial charge in [0.1, 0.15) is 5.58 Å². The van der Waals surface area contributed by atoms with Crippen LogP contribution in [-0.2, 0) is 15.3 Å². The summed E-state index contributed by atoms with van der Waals surface area (Å²) in [5.74, 6) is -0.550. The zero-order chi connectivity index (χ0) is 11.0. The van der Waals surface area contributed by atoms with Crippen LogP contribution >= 0.6 is 0 Å². The molecule has 16 heavy (non-hydrogen) atoms. The topological polar surface area (TPSA) is 31.6 Å². The molecule has 0 unspecified atom stereocenters. The van der Waals surface area contributed by atoms with Crippen LogP contribution in [0.2, 0.25) is 0 Å². The molecule has 0 bridgehead atoms. The summed E-state index contributed by atoms with van der Waals surface area (Å²) in [4.78, 5) is 0. The molecule has 3 rings (SSSR count). The number of furan rings is 1. The highest BCUT2D eigenvalue weighted by Crippen LogP contribution is 2.36. The van der Waals surface area contributed by atoms with Crippen LogP contribution in [0.15, 0.2) is 34.9 Å². The SMILES string of the molecule is CCC1(c2ccc3occc3c2)OCCO1. The Kier molecular flexibility index (Phi) is 2.23. The van der Waals surface area contributed by atoms with E-state index >= 15 is 0 Å². The second-order valence-electron chi connectivity index (χ2n) is 3.98. The summed E-state index contributed by atoms with van der Waals surface area (Å²) in [6, 6.07) is 8.01. The van der Waals surface area contributed by atoms with E-state index in [0.717, 1.165) is 23.0 Å². The molecule has 0 saturated carbocycles. The quantitative estimate of drug-likeness (QED) is 0.776. The molecule has 1 aliphatic rings. The number of rotatable bonds is 2. The third-order valence-corrected chi connectivity index (χ3v) is 3.11. The van der Waals surface area contributed by atoms with E-state index in [4.69, 9.17) is 13.9 Å². The zero-order valence-corrected chi connectivity index (χ0v) is 9.23. The van der Waals surface area contributed by atoms with Crippen LogP contribution in [0.1, 0.15) is 18.9 Å². The maximum absolute atomic E-state index is 5.75. The number of hydrogen-bond donors (Lipinski definition) is 0. The van der Waals surface area contributed by atoms with Crippen LogP contribution < -0.4 is 0 Å². The first kappa shape index (κ1) is 9.87. The maximum atomic E-state index is 5.75. The zero-order valence-electron chi connectivity index (χ0n) is 9.23. The van der Waals surface area contributed by atoms with Gasteiger partial charge in [0.2, 0.25) is 0 Å². The van der Waals surface area contributed by atoms with Crippen molar-refractivity contribution in [1.29, 1.82) is 0 Å². The van der Waals surface area contributed by atoms with E-state index in [9.17, 15) is 0 Å². The van der Waals surface area contributed by atoms with Crippen molar-refractivity contribution in [3.8, 4) is 0 Å². The monoisotopic (exact) mass is 218 g/mol. The summed E-state index contributed by atoms with van der Waals surface area (Å²) < 4.78 is 16.8. The van der Waals surface area contributed by atoms with Crippen LogP contribution in [0.25, 0.3) is 11.0 Å². The van der Waals surface area contributed by atoms with Gasteiger partial charge in [0, 0.05) is 17.4 Å². The lowest BCUT2D eigenvalue weighted by Crippen LogP contribution is -2.25. The van der Waals surface area contributed by atoms with E-state index in [1.807, 2.05) is 18.2 Å². The van der Waals surface area contributed by atoms with Gasteiger partial charge in [-0.1, -0.05) is 6.92 Å². The Labute approximate surface area is 94.0 Å². The van der Waals surface area contributed by atoms with Gasteiger partial charge in [0.25, 0.3) is 0 Å². The van der Waals surface area contributed by atoms with Gasteiger partial charge in [-0.3, -0.25) is 0 Å². The molecule has 0 N–H and O–H groups in total. The molecule has 0 radical (unpaired) electrons. The average molecular weight is 218 g/mol. The Morgan fingerprint density at radius 3 is 2.75 bits per heavy atom. The molecule has 0 aliphatic carbocycles. The van der Waals surface area contributed by atoms with Crippen LogP contribution in [0, 0.1) is 0 Å². The molecule has 0 amide bonds. The predicted molar refractivity (Wildman–Crippen MR) is 60.1 cm³/mol. The van der Waals surface area contributed by atoms with Crippen LogP contribution in [0.5, 0.6) is 0 Å². The van der Waals surface area contributed by atoms with Gasteiger partial charge >= 0.3 is 0 Å². The van der Waals surface area contributed by atoms with Crippen molar-refractivity contribution in [3.05, 3.63) is 36.1 Å². The maximum Gasteiger partial charge on any atom is 0.194 e. The Morgan fingerprint density at radius 2 is 2.00 bits per heavy atom. The summed E-state index contributed by atoms with van der Waals surface area (Å²) in [5.41, 5.74) is 1.97. The van der Waals surface area contributed by atoms with Crippen LogP contribution in [0.4, 0.5) is 0 Å². The Bertz CT molecular complexity index is 495. The van der Waals surface area contributed by atoms with Crippen molar-refractivity contribution in [3.63, 3.8) is 0 Å². The summed E-state index contributed by atoms with van der Waals surface area (Å²) >= 11 is 0. The minimum atomic E-state index is -0.550. The first-order valence-electron chi connectivity index (χ1n) is 5.60. The number of ether oxygens (including phenoxy) is 2. The van der Waals surface area contributed by atoms with Crippen molar-refractivity contribution in [2.24, 2.45) is 0 Å². The molecule has 0 atom stereocenters. The number of benzene rings is 1. The lowest BCUT2D eigenvalue weighted by atomic mass is 10.0. The summed E-state index contributed by atoms with van der Waals surface area (Å²) in [6.07, 6.45) is 2.51. The van der Waals surface area contributed by atoms with Gasteiger partial charge in [-0.25, -0.2) is 0 Å². The Morgan fingerprint density at radius 1 is 1.19 bits per heavy atom. The first-order chi connectivity index (χ1) is 7.84. The highest BCUT2D eigenvalue weighted by Gasteiger charge is 2.36. The molecule has 1 saturated heterocycles. The summed E-state index contributed by atoms with van der Waals surface area (Å²) in [5, 5.41) is 1.09. The molecule has 84 valence electrons. The predicted octanol–water partition coefficient (Wildman–Crippen LogP) is 3.04. The van der Waals surface area contributed by atoms with Gasteiger partial charge in [-0.2, -0.15) is 0 Å². The summed E-state index contributed by atoms with van der Waals surface area (Å²) in [7, 11) is 0. The van der Waals surface area contributed by atoms with E-state index in [-0.39, 0.29) is 0 Å². The van der Waals surface area contributed by atoms with Gasteiger partial charge < -0.3 is 13.9 Å². The van der Waals surface area contributed by atoms with E-state index in [1.165, 1.54) is 0 Å². The molecule has 3 heteroatoms. The third kappa shape index (κ3) is 1.36. The van der Waals surface area contributed by atoms with E-state index in [2.05, 4.69) is 13.0 Å². The molecule has 2 aromatic rings. The molecular formula is C13H14O3.